The summed E-state index contributed by atoms with van der Waals surface area (Å²) in [6, 6.07) is 6.73. The Kier molecular flexibility index (Phi) is 8.03. The summed E-state index contributed by atoms with van der Waals surface area (Å²) in [6.45, 7) is -0.619. The average molecular weight is 439 g/mol. The lowest BCUT2D eigenvalue weighted by atomic mass is 10.0. The van der Waals surface area contributed by atoms with Gasteiger partial charge in [0.05, 0.1) is 13.7 Å². The van der Waals surface area contributed by atoms with Gasteiger partial charge in [0.25, 0.3) is 0 Å². The van der Waals surface area contributed by atoms with Gasteiger partial charge in [-0.1, -0.05) is 29.1 Å². The average Bonchev–Trinajstić information content (AvgIpc) is 2.66. The lowest BCUT2D eigenvalue weighted by Crippen LogP contribution is -2.57. The fourth-order valence-corrected chi connectivity index (χ4v) is 3.77. The van der Waals surface area contributed by atoms with Crippen molar-refractivity contribution in [3.8, 4) is 5.75 Å². The molecular weight excluding hydrogens is 418 g/mol. The quantitative estimate of drug-likeness (QED) is 0.151. The van der Waals surface area contributed by atoms with Gasteiger partial charge in [-0.15, -0.1) is 0 Å². The van der Waals surface area contributed by atoms with Crippen LogP contribution in [0.5, 0.6) is 5.75 Å². The summed E-state index contributed by atoms with van der Waals surface area (Å²) in [5, 5.41) is 42.4. The zero-order valence-electron chi connectivity index (χ0n) is 14.7. The molecule has 1 aromatic carbocycles. The summed E-state index contributed by atoms with van der Waals surface area (Å²) in [5.41, 5.74) is -0.570. The summed E-state index contributed by atoms with van der Waals surface area (Å²) >= 11 is 0.702. The maximum Gasteiger partial charge on any atom is 0.466 e. The highest BCUT2D eigenvalue weighted by atomic mass is 32.3. The number of nitrogens with zero attached hydrogens (tertiary/aromatic N) is 1. The van der Waals surface area contributed by atoms with Crippen LogP contribution >= 0.6 is 11.8 Å². The third kappa shape index (κ3) is 6.28. The molecule has 2 rings (SSSR count). The Balaban J connectivity index is 2.23. The van der Waals surface area contributed by atoms with E-state index in [1.807, 2.05) is 0 Å². The topological polar surface area (TPSA) is 175 Å². The number of methoxy groups -OCH3 is 1. The van der Waals surface area contributed by atoms with Crippen molar-refractivity contribution in [2.75, 3.05) is 13.7 Å². The van der Waals surface area contributed by atoms with Crippen LogP contribution in [0.25, 0.3) is 0 Å². The smallest absolute Gasteiger partial charge is 0.466 e. The highest BCUT2D eigenvalue weighted by molar-refractivity contribution is 8.14. The Hall–Kier alpha value is -1.45. The first kappa shape index (κ1) is 22.8. The molecule has 1 aliphatic rings. The molecule has 5 N–H and O–H groups in total. The molecule has 28 heavy (non-hydrogen) atoms. The number of aliphatic hydroxyl groups is 4. The maximum absolute atomic E-state index is 10.8. The number of thioether (sulfide) groups is 1. The van der Waals surface area contributed by atoms with E-state index >= 15 is 0 Å². The van der Waals surface area contributed by atoms with Crippen molar-refractivity contribution in [1.82, 2.24) is 0 Å². The summed E-state index contributed by atoms with van der Waals surface area (Å²) < 4.78 is 45.0. The zero-order valence-corrected chi connectivity index (χ0v) is 16.3. The monoisotopic (exact) mass is 439 g/mol. The highest BCUT2D eigenvalue weighted by Crippen LogP contribution is 2.30. The first-order chi connectivity index (χ1) is 13.1. The Labute approximate surface area is 165 Å². The van der Waals surface area contributed by atoms with Gasteiger partial charge in [0.15, 0.2) is 0 Å². The predicted molar refractivity (Wildman–Crippen MR) is 98.1 cm³/mol. The summed E-state index contributed by atoms with van der Waals surface area (Å²) in [5.74, 6) is 0.533. The van der Waals surface area contributed by atoms with E-state index in [0.29, 0.717) is 23.1 Å². The van der Waals surface area contributed by atoms with Crippen LogP contribution in [0.15, 0.2) is 29.4 Å². The summed E-state index contributed by atoms with van der Waals surface area (Å²) in [6.07, 6.45) is -5.85. The van der Waals surface area contributed by atoms with Gasteiger partial charge < -0.3 is 29.9 Å². The Morgan fingerprint density at radius 3 is 2.57 bits per heavy atom. The molecule has 0 aromatic heterocycles. The van der Waals surface area contributed by atoms with Crippen molar-refractivity contribution >= 4 is 27.2 Å². The van der Waals surface area contributed by atoms with Crippen LogP contribution < -0.4 is 4.74 Å². The van der Waals surface area contributed by atoms with Crippen molar-refractivity contribution in [3.63, 3.8) is 0 Å². The van der Waals surface area contributed by atoms with Crippen molar-refractivity contribution in [2.24, 2.45) is 5.16 Å². The van der Waals surface area contributed by atoms with Gasteiger partial charge in [0, 0.05) is 6.42 Å². The lowest BCUT2D eigenvalue weighted by molar-refractivity contribution is -0.205. The second-order valence-corrected chi connectivity index (χ2v) is 8.01. The van der Waals surface area contributed by atoms with Crippen LogP contribution in [0, 0.1) is 0 Å². The standard InChI is InChI=1S/C15H21NO10S2/c1-24-9-4-2-3-8(5-9)6-11(16-26-28(21,22)23)27-15-14(20)13(19)12(18)10(7-17)25-15/h2-5,10,12-15,17-20H,6-7H2,1H3,(H,21,22,23)/b16-11-/t10-,12+,13+,14-,15+/m1/s1. The molecule has 0 spiro atoms. The molecular formula is C15H21NO10S2. The number of hydrogen-bond donors (Lipinski definition) is 5. The van der Waals surface area contributed by atoms with Crippen molar-refractivity contribution in [2.45, 2.75) is 36.3 Å². The molecule has 5 atom stereocenters. The highest BCUT2D eigenvalue weighted by Gasteiger charge is 2.44. The SMILES string of the molecule is COc1cccc(C/C(=N/OS(=O)(=O)O)S[C@@H]2O[C@H](CO)[C@H](O)[C@H](O)[C@H]2O)c1. The molecule has 158 valence electrons. The third-order valence-electron chi connectivity index (χ3n) is 3.82. The van der Waals surface area contributed by atoms with E-state index in [1.165, 1.54) is 7.11 Å². The molecule has 0 radical (unpaired) electrons. The molecule has 1 saturated heterocycles. The van der Waals surface area contributed by atoms with Crippen molar-refractivity contribution in [3.05, 3.63) is 29.8 Å². The minimum absolute atomic E-state index is 0.00636. The van der Waals surface area contributed by atoms with Gasteiger partial charge in [-0.25, -0.2) is 4.28 Å². The normalized spacial score (nSPS) is 28.8. The Bertz CT molecular complexity index is 785. The summed E-state index contributed by atoms with van der Waals surface area (Å²) in [4.78, 5) is 0. The minimum atomic E-state index is -4.87. The molecule has 1 heterocycles. The minimum Gasteiger partial charge on any atom is -0.497 e. The molecule has 0 amide bonds. The number of ether oxygens (including phenoxy) is 2. The van der Waals surface area contributed by atoms with E-state index in [-0.39, 0.29) is 11.5 Å². The van der Waals surface area contributed by atoms with Gasteiger partial charge in [-0.2, -0.15) is 8.42 Å². The van der Waals surface area contributed by atoms with Crippen LogP contribution in [0.4, 0.5) is 0 Å². The number of rotatable bonds is 7. The van der Waals surface area contributed by atoms with Crippen molar-refractivity contribution in [1.29, 1.82) is 0 Å². The molecule has 13 heteroatoms. The van der Waals surface area contributed by atoms with Crippen LogP contribution in [0.2, 0.25) is 0 Å². The van der Waals surface area contributed by atoms with Gasteiger partial charge in [0.1, 0.15) is 40.6 Å². The number of hydrogen-bond acceptors (Lipinski definition) is 11. The first-order valence-corrected chi connectivity index (χ1v) is 10.2. The Morgan fingerprint density at radius 2 is 1.96 bits per heavy atom. The molecule has 11 nitrogen and oxygen atoms in total. The number of oxime groups is 1. The van der Waals surface area contributed by atoms with E-state index in [2.05, 4.69) is 9.44 Å². The lowest BCUT2D eigenvalue weighted by Gasteiger charge is -2.39. The molecule has 0 aliphatic carbocycles. The summed E-state index contributed by atoms with van der Waals surface area (Å²) in [7, 11) is -3.40. The van der Waals surface area contributed by atoms with Crippen LogP contribution in [0.3, 0.4) is 0 Å². The third-order valence-corrected chi connectivity index (χ3v) is 5.20. The van der Waals surface area contributed by atoms with E-state index in [1.54, 1.807) is 24.3 Å². The number of benzene rings is 1. The van der Waals surface area contributed by atoms with Crippen LogP contribution in [0.1, 0.15) is 5.56 Å². The fraction of sp³-hybridized carbons (Fsp3) is 0.533. The molecule has 1 fully saturated rings. The van der Waals surface area contributed by atoms with Gasteiger partial charge in [-0.3, -0.25) is 4.55 Å². The van der Waals surface area contributed by atoms with Crippen molar-refractivity contribution < 1.29 is 47.2 Å². The van der Waals surface area contributed by atoms with Crippen LogP contribution in [-0.4, -0.2) is 82.0 Å². The molecule has 0 unspecified atom stereocenters. The molecule has 1 aliphatic heterocycles. The zero-order chi connectivity index (χ0) is 20.9. The molecule has 0 bridgehead atoms. The second-order valence-electron chi connectivity index (χ2n) is 5.83. The maximum atomic E-state index is 10.8. The predicted octanol–water partition coefficient (Wildman–Crippen LogP) is -1.10. The van der Waals surface area contributed by atoms with E-state index in [0.717, 1.165) is 0 Å². The van der Waals surface area contributed by atoms with E-state index < -0.39 is 46.9 Å². The second kappa shape index (κ2) is 9.84. The largest absolute Gasteiger partial charge is 0.497 e. The van der Waals surface area contributed by atoms with E-state index in [9.17, 15) is 28.8 Å². The van der Waals surface area contributed by atoms with Crippen LogP contribution in [-0.2, 0) is 25.8 Å². The van der Waals surface area contributed by atoms with E-state index in [4.69, 9.17) is 14.0 Å². The Morgan fingerprint density at radius 1 is 1.25 bits per heavy atom. The van der Waals surface area contributed by atoms with Gasteiger partial charge in [-0.05, 0) is 17.7 Å². The fourth-order valence-electron chi connectivity index (χ4n) is 2.44. The first-order valence-electron chi connectivity index (χ1n) is 7.97. The van der Waals surface area contributed by atoms with Gasteiger partial charge >= 0.3 is 10.4 Å². The number of aliphatic hydroxyl groups excluding tert-OH is 4. The molecule has 1 aromatic rings. The molecule has 0 saturated carbocycles. The van der Waals surface area contributed by atoms with Gasteiger partial charge in [0.2, 0.25) is 0 Å².